The van der Waals surface area contributed by atoms with Crippen molar-refractivity contribution >= 4 is 36.0 Å². The number of carbonyl (C=O) groups excluding carboxylic acids is 1. The quantitative estimate of drug-likeness (QED) is 0.334. The van der Waals surface area contributed by atoms with Crippen LogP contribution in [0.2, 0.25) is 0 Å². The lowest BCUT2D eigenvalue weighted by atomic mass is 9.72. The Kier molecular flexibility index (Phi) is 9.63. The summed E-state index contributed by atoms with van der Waals surface area (Å²) in [6, 6.07) is 8.72. The largest absolute Gasteiger partial charge is 0.444 e. The lowest BCUT2D eigenvalue weighted by Crippen LogP contribution is -2.49. The van der Waals surface area contributed by atoms with E-state index in [1.165, 1.54) is 11.1 Å². The predicted molar refractivity (Wildman–Crippen MR) is 139 cm³/mol. The van der Waals surface area contributed by atoms with E-state index in [-0.39, 0.29) is 41.5 Å². The predicted octanol–water partition coefficient (Wildman–Crippen LogP) is 3.84. The van der Waals surface area contributed by atoms with Gasteiger partial charge in [0.25, 0.3) is 0 Å². The Morgan fingerprint density at radius 2 is 1.97 bits per heavy atom. The van der Waals surface area contributed by atoms with E-state index < -0.39 is 5.60 Å². The number of alkyl carbamates (subject to hydrolysis) is 1. The summed E-state index contributed by atoms with van der Waals surface area (Å²) in [5.74, 6) is 0.882. The number of likely N-dealkylation sites (tertiary alicyclic amines) is 1. The second-order valence-electron chi connectivity index (χ2n) is 9.69. The molecule has 2 heterocycles. The van der Waals surface area contributed by atoms with Crippen molar-refractivity contribution in [1.82, 2.24) is 15.5 Å². The fraction of sp³-hybridized carbons (Fsp3) is 0.667. The van der Waals surface area contributed by atoms with Crippen molar-refractivity contribution in [2.75, 3.05) is 39.9 Å². The average molecular weight is 559 g/mol. The molecule has 1 aromatic rings. The van der Waals surface area contributed by atoms with E-state index in [0.717, 1.165) is 58.1 Å². The number of carbonyl (C=O) groups is 1. The van der Waals surface area contributed by atoms with Gasteiger partial charge in [0.1, 0.15) is 5.60 Å². The summed E-state index contributed by atoms with van der Waals surface area (Å²) in [7, 11) is 1.82. The van der Waals surface area contributed by atoms with E-state index in [4.69, 9.17) is 9.47 Å². The van der Waals surface area contributed by atoms with Crippen LogP contribution in [0.15, 0.2) is 29.3 Å². The van der Waals surface area contributed by atoms with Crippen LogP contribution in [0, 0.1) is 6.92 Å². The van der Waals surface area contributed by atoms with E-state index in [1.54, 1.807) is 0 Å². The van der Waals surface area contributed by atoms with Gasteiger partial charge in [-0.25, -0.2) is 4.79 Å². The normalized spacial score (nSPS) is 21.0. The van der Waals surface area contributed by atoms with Crippen LogP contribution in [0.4, 0.5) is 4.79 Å². The van der Waals surface area contributed by atoms with Crippen molar-refractivity contribution in [2.45, 2.75) is 64.0 Å². The van der Waals surface area contributed by atoms with Crippen LogP contribution in [-0.4, -0.2) is 68.5 Å². The molecule has 0 saturated carbocycles. The number of nitrogens with one attached hydrogen (secondary N) is 2. The fourth-order valence-electron chi connectivity index (χ4n) is 4.60. The highest BCUT2D eigenvalue weighted by atomic mass is 127. The van der Waals surface area contributed by atoms with Crippen molar-refractivity contribution < 1.29 is 14.3 Å². The highest BCUT2D eigenvalue weighted by Gasteiger charge is 2.36. The van der Waals surface area contributed by atoms with Crippen LogP contribution in [0.5, 0.6) is 0 Å². The first-order chi connectivity index (χ1) is 14.7. The molecule has 2 fully saturated rings. The molecule has 1 amide bonds. The molecule has 0 bridgehead atoms. The minimum absolute atomic E-state index is 0. The average Bonchev–Trinajstić information content (AvgIpc) is 3.16. The third kappa shape index (κ3) is 6.97. The number of hydrogen-bond acceptors (Lipinski definition) is 4. The molecule has 180 valence electrons. The molecule has 8 heteroatoms. The Bertz CT molecular complexity index is 788. The molecule has 1 aromatic carbocycles. The molecule has 2 N–H and O–H groups in total. The second kappa shape index (κ2) is 11.5. The van der Waals surface area contributed by atoms with Crippen molar-refractivity contribution in [1.29, 1.82) is 0 Å². The number of nitrogens with zero attached hydrogens (tertiary/aromatic N) is 2. The van der Waals surface area contributed by atoms with E-state index in [1.807, 2.05) is 27.8 Å². The number of aryl methyl sites for hydroxylation is 1. The summed E-state index contributed by atoms with van der Waals surface area (Å²) in [6.07, 6.45) is 2.49. The second-order valence-corrected chi connectivity index (χ2v) is 9.69. The zero-order valence-corrected chi connectivity index (χ0v) is 22.4. The van der Waals surface area contributed by atoms with Crippen molar-refractivity contribution in [3.05, 3.63) is 35.4 Å². The number of guanidine groups is 1. The third-order valence-corrected chi connectivity index (χ3v) is 6.17. The first-order valence-corrected chi connectivity index (χ1v) is 11.3. The van der Waals surface area contributed by atoms with E-state index >= 15 is 0 Å². The SMILES string of the molecule is CN=C(NCC1(c2ccccc2C)CCOCC1)N1CCC(NC(=O)OC(C)(C)C)C1.I. The Morgan fingerprint density at radius 3 is 2.59 bits per heavy atom. The summed E-state index contributed by atoms with van der Waals surface area (Å²) < 4.78 is 11.1. The van der Waals surface area contributed by atoms with Crippen LogP contribution in [0.3, 0.4) is 0 Å². The van der Waals surface area contributed by atoms with Gasteiger partial charge in [-0.15, -0.1) is 24.0 Å². The lowest BCUT2D eigenvalue weighted by Gasteiger charge is -2.39. The van der Waals surface area contributed by atoms with Crippen molar-refractivity contribution in [2.24, 2.45) is 4.99 Å². The maximum Gasteiger partial charge on any atom is 0.407 e. The topological polar surface area (TPSA) is 75.2 Å². The summed E-state index contributed by atoms with van der Waals surface area (Å²) >= 11 is 0. The third-order valence-electron chi connectivity index (χ3n) is 6.17. The zero-order chi connectivity index (χ0) is 22.5. The first-order valence-electron chi connectivity index (χ1n) is 11.3. The molecular formula is C24H39IN4O3. The number of hydrogen-bond donors (Lipinski definition) is 2. The monoisotopic (exact) mass is 558 g/mol. The molecule has 0 radical (unpaired) electrons. The molecule has 0 spiro atoms. The van der Waals surface area contributed by atoms with Crippen LogP contribution in [0.25, 0.3) is 0 Å². The number of halogens is 1. The number of ether oxygens (including phenoxy) is 2. The molecule has 0 aliphatic carbocycles. The first kappa shape index (κ1) is 26.7. The molecule has 2 aliphatic heterocycles. The van der Waals surface area contributed by atoms with Gasteiger partial charge < -0.3 is 25.0 Å². The number of amides is 1. The summed E-state index contributed by atoms with van der Waals surface area (Å²) in [4.78, 5) is 18.9. The Morgan fingerprint density at radius 1 is 1.28 bits per heavy atom. The van der Waals surface area contributed by atoms with Gasteiger partial charge in [-0.05, 0) is 58.1 Å². The van der Waals surface area contributed by atoms with Gasteiger partial charge in [-0.2, -0.15) is 0 Å². The van der Waals surface area contributed by atoms with Crippen molar-refractivity contribution in [3.63, 3.8) is 0 Å². The van der Waals surface area contributed by atoms with Crippen LogP contribution >= 0.6 is 24.0 Å². The van der Waals surface area contributed by atoms with E-state index in [9.17, 15) is 4.79 Å². The van der Waals surface area contributed by atoms with Gasteiger partial charge in [0.15, 0.2) is 5.96 Å². The summed E-state index contributed by atoms with van der Waals surface area (Å²) in [6.45, 7) is 11.8. The van der Waals surface area contributed by atoms with Gasteiger partial charge in [-0.1, -0.05) is 24.3 Å². The van der Waals surface area contributed by atoms with Gasteiger partial charge >= 0.3 is 6.09 Å². The minimum Gasteiger partial charge on any atom is -0.444 e. The molecule has 2 saturated heterocycles. The fourth-order valence-corrected chi connectivity index (χ4v) is 4.60. The Balaban J connectivity index is 0.00000363. The molecular weight excluding hydrogens is 519 g/mol. The summed E-state index contributed by atoms with van der Waals surface area (Å²) in [5, 5.41) is 6.62. The smallest absolute Gasteiger partial charge is 0.407 e. The molecule has 0 aromatic heterocycles. The van der Waals surface area contributed by atoms with Gasteiger partial charge in [-0.3, -0.25) is 4.99 Å². The van der Waals surface area contributed by atoms with Gasteiger partial charge in [0.2, 0.25) is 0 Å². The van der Waals surface area contributed by atoms with E-state index in [0.29, 0.717) is 0 Å². The molecule has 3 rings (SSSR count). The van der Waals surface area contributed by atoms with Gasteiger partial charge in [0.05, 0.1) is 6.04 Å². The molecule has 7 nitrogen and oxygen atoms in total. The Hall–Kier alpha value is -1.55. The van der Waals surface area contributed by atoms with Gasteiger partial charge in [0, 0.05) is 45.3 Å². The molecule has 32 heavy (non-hydrogen) atoms. The highest BCUT2D eigenvalue weighted by Crippen LogP contribution is 2.36. The molecule has 1 unspecified atom stereocenters. The number of benzene rings is 1. The van der Waals surface area contributed by atoms with Crippen LogP contribution in [0.1, 0.15) is 51.2 Å². The lowest BCUT2D eigenvalue weighted by molar-refractivity contribution is 0.0507. The highest BCUT2D eigenvalue weighted by molar-refractivity contribution is 14.0. The van der Waals surface area contributed by atoms with Crippen LogP contribution < -0.4 is 10.6 Å². The minimum atomic E-state index is -0.492. The maximum absolute atomic E-state index is 12.1. The standard InChI is InChI=1S/C24H38N4O3.HI/c1-18-8-6-7-9-20(18)24(11-14-30-15-12-24)17-26-21(25-5)28-13-10-19(16-28)27-22(29)31-23(2,3)4;/h6-9,19H,10-17H2,1-5H3,(H,25,26)(H,27,29);1H. The van der Waals surface area contributed by atoms with E-state index in [2.05, 4.69) is 51.7 Å². The number of rotatable bonds is 4. The zero-order valence-electron chi connectivity index (χ0n) is 20.1. The molecule has 1 atom stereocenters. The maximum atomic E-state index is 12.1. The van der Waals surface area contributed by atoms with Crippen LogP contribution in [-0.2, 0) is 14.9 Å². The summed E-state index contributed by atoms with van der Waals surface area (Å²) in [5.41, 5.74) is 2.26. The number of aliphatic imine (C=N–C) groups is 1. The molecule has 2 aliphatic rings. The van der Waals surface area contributed by atoms with Crippen molar-refractivity contribution in [3.8, 4) is 0 Å². The Labute approximate surface area is 209 Å².